The van der Waals surface area contributed by atoms with Gasteiger partial charge in [-0.3, -0.25) is 9.29 Å². The lowest BCUT2D eigenvalue weighted by molar-refractivity contribution is 0.465. The van der Waals surface area contributed by atoms with E-state index in [1.54, 1.807) is 18.3 Å². The second kappa shape index (κ2) is 5.39. The normalized spacial score (nSPS) is 18.0. The smallest absolute Gasteiger partial charge is 0.236 e. The van der Waals surface area contributed by atoms with E-state index in [0.717, 1.165) is 6.42 Å². The first-order valence-electron chi connectivity index (χ1n) is 7.40. The first kappa shape index (κ1) is 15.0. The maximum absolute atomic E-state index is 12.4. The average molecular weight is 321 g/mol. The topological polar surface area (TPSA) is 83.4 Å². The maximum atomic E-state index is 12.4. The van der Waals surface area contributed by atoms with Gasteiger partial charge in [0.1, 0.15) is 5.52 Å². The molecule has 0 radical (unpaired) electrons. The highest BCUT2D eigenvalue weighted by molar-refractivity contribution is 7.92. The van der Waals surface area contributed by atoms with E-state index in [4.69, 9.17) is 0 Å². The van der Waals surface area contributed by atoms with Crippen molar-refractivity contribution in [2.75, 3.05) is 16.6 Å². The van der Waals surface area contributed by atoms with Gasteiger partial charge in [-0.15, -0.1) is 0 Å². The molecule has 3 rings (SSSR count). The molecule has 1 fully saturated rings. The molecular weight excluding hydrogens is 302 g/mol. The van der Waals surface area contributed by atoms with Crippen LogP contribution < -0.4 is 4.31 Å². The van der Waals surface area contributed by atoms with Crippen LogP contribution in [0.15, 0.2) is 18.3 Å². The summed E-state index contributed by atoms with van der Waals surface area (Å²) < 4.78 is 26.2. The zero-order valence-electron chi connectivity index (χ0n) is 12.7. The van der Waals surface area contributed by atoms with Gasteiger partial charge in [-0.25, -0.2) is 13.4 Å². The summed E-state index contributed by atoms with van der Waals surface area (Å²) >= 11 is 0. The summed E-state index contributed by atoms with van der Waals surface area (Å²) in [6, 6.07) is 3.47. The molecule has 0 aliphatic carbocycles. The Morgan fingerprint density at radius 3 is 2.77 bits per heavy atom. The molecule has 0 unspecified atom stereocenters. The number of hydrogen-bond acceptors (Lipinski definition) is 5. The first-order valence-corrected chi connectivity index (χ1v) is 9.00. The minimum atomic E-state index is -3.36. The highest BCUT2D eigenvalue weighted by Crippen LogP contribution is 2.37. The van der Waals surface area contributed by atoms with Gasteiger partial charge in [0.05, 0.1) is 11.4 Å². The maximum Gasteiger partial charge on any atom is 0.236 e. The van der Waals surface area contributed by atoms with Crippen LogP contribution in [-0.4, -0.2) is 35.8 Å². The molecule has 0 bridgehead atoms. The van der Waals surface area contributed by atoms with E-state index < -0.39 is 10.0 Å². The predicted molar refractivity (Wildman–Crippen MR) is 85.7 cm³/mol. The van der Waals surface area contributed by atoms with Gasteiger partial charge in [0.25, 0.3) is 0 Å². The van der Waals surface area contributed by atoms with Crippen molar-refractivity contribution in [1.29, 1.82) is 0 Å². The summed E-state index contributed by atoms with van der Waals surface area (Å²) in [4.78, 5) is 8.69. The van der Waals surface area contributed by atoms with Gasteiger partial charge in [-0.05, 0) is 30.9 Å². The van der Waals surface area contributed by atoms with Crippen molar-refractivity contribution < 1.29 is 13.5 Å². The van der Waals surface area contributed by atoms with Gasteiger partial charge in [-0.2, -0.15) is 0 Å². The van der Waals surface area contributed by atoms with E-state index in [0.29, 0.717) is 35.4 Å². The third-order valence-electron chi connectivity index (χ3n) is 3.87. The van der Waals surface area contributed by atoms with Crippen LogP contribution in [-0.2, 0) is 10.0 Å². The second-order valence-corrected chi connectivity index (χ2v) is 7.83. The SMILES string of the molecule is CC(C)c1nc(N2CCCCS2(=O)=O)c2cccnc2c1O. The zero-order chi connectivity index (χ0) is 15.9. The van der Waals surface area contributed by atoms with Crippen LogP contribution in [0, 0.1) is 0 Å². The average Bonchev–Trinajstić information content (AvgIpc) is 2.48. The van der Waals surface area contributed by atoms with Crippen molar-refractivity contribution in [3.63, 3.8) is 0 Å². The molecule has 2 aromatic heterocycles. The van der Waals surface area contributed by atoms with Crippen LogP contribution in [0.4, 0.5) is 5.82 Å². The minimum Gasteiger partial charge on any atom is -0.504 e. The molecule has 1 N–H and O–H groups in total. The van der Waals surface area contributed by atoms with E-state index in [1.807, 2.05) is 13.8 Å². The van der Waals surface area contributed by atoms with Crippen LogP contribution in [0.1, 0.15) is 38.3 Å². The van der Waals surface area contributed by atoms with E-state index >= 15 is 0 Å². The summed E-state index contributed by atoms with van der Waals surface area (Å²) in [7, 11) is -3.36. The lowest BCUT2D eigenvalue weighted by Crippen LogP contribution is -2.38. The summed E-state index contributed by atoms with van der Waals surface area (Å²) in [6.45, 7) is 4.23. The molecule has 2 aromatic rings. The van der Waals surface area contributed by atoms with Gasteiger partial charge in [-0.1, -0.05) is 13.8 Å². The molecule has 0 spiro atoms. The van der Waals surface area contributed by atoms with Crippen molar-refractivity contribution in [2.24, 2.45) is 0 Å². The molecule has 118 valence electrons. The van der Waals surface area contributed by atoms with Crippen LogP contribution in [0.2, 0.25) is 0 Å². The monoisotopic (exact) mass is 321 g/mol. The number of fused-ring (bicyclic) bond motifs is 1. The first-order chi connectivity index (χ1) is 10.4. The van der Waals surface area contributed by atoms with Crippen molar-refractivity contribution >= 4 is 26.7 Å². The zero-order valence-corrected chi connectivity index (χ0v) is 13.5. The number of sulfonamides is 1. The number of aromatic nitrogens is 2. The predicted octanol–water partition coefficient (Wildman–Crippen LogP) is 2.39. The quantitative estimate of drug-likeness (QED) is 0.918. The van der Waals surface area contributed by atoms with Crippen LogP contribution >= 0.6 is 0 Å². The number of hydrogen-bond donors (Lipinski definition) is 1. The Labute approximate surface area is 129 Å². The van der Waals surface area contributed by atoms with Crippen molar-refractivity contribution in [1.82, 2.24) is 9.97 Å². The molecule has 6 nitrogen and oxygen atoms in total. The van der Waals surface area contributed by atoms with E-state index in [1.165, 1.54) is 4.31 Å². The van der Waals surface area contributed by atoms with Crippen molar-refractivity contribution in [2.45, 2.75) is 32.6 Å². The summed E-state index contributed by atoms with van der Waals surface area (Å²) in [5, 5.41) is 10.9. The van der Waals surface area contributed by atoms with Gasteiger partial charge in [0.15, 0.2) is 11.6 Å². The number of rotatable bonds is 2. The Hall–Kier alpha value is -1.89. The molecule has 0 atom stereocenters. The highest BCUT2D eigenvalue weighted by atomic mass is 32.2. The lowest BCUT2D eigenvalue weighted by Gasteiger charge is -2.29. The van der Waals surface area contributed by atoms with Crippen LogP contribution in [0.5, 0.6) is 5.75 Å². The standard InChI is InChI=1S/C15H19N3O3S/c1-10(2)12-14(19)13-11(6-5-7-16-13)15(17-12)18-8-3-4-9-22(18,20)21/h5-7,10,19H,3-4,8-9H2,1-2H3. The van der Waals surface area contributed by atoms with E-state index in [-0.39, 0.29) is 17.4 Å². The van der Waals surface area contributed by atoms with E-state index in [2.05, 4.69) is 9.97 Å². The number of nitrogens with zero attached hydrogens (tertiary/aromatic N) is 3. The van der Waals surface area contributed by atoms with Gasteiger partial charge in [0.2, 0.25) is 10.0 Å². The number of pyridine rings is 2. The number of anilines is 1. The fraction of sp³-hybridized carbons (Fsp3) is 0.467. The Morgan fingerprint density at radius 1 is 1.32 bits per heavy atom. The molecule has 1 saturated heterocycles. The summed E-state index contributed by atoms with van der Waals surface area (Å²) in [5.41, 5.74) is 0.874. The third kappa shape index (κ3) is 2.39. The summed E-state index contributed by atoms with van der Waals surface area (Å²) in [5.74, 6) is 0.514. The van der Waals surface area contributed by atoms with Gasteiger partial charge < -0.3 is 5.11 Å². The Bertz CT molecular complexity index is 818. The molecule has 1 aliphatic rings. The molecule has 0 amide bonds. The van der Waals surface area contributed by atoms with Gasteiger partial charge >= 0.3 is 0 Å². The highest BCUT2D eigenvalue weighted by Gasteiger charge is 2.30. The lowest BCUT2D eigenvalue weighted by atomic mass is 10.1. The Balaban J connectivity index is 2.31. The Kier molecular flexibility index (Phi) is 3.68. The Morgan fingerprint density at radius 2 is 2.09 bits per heavy atom. The van der Waals surface area contributed by atoms with Crippen LogP contribution in [0.3, 0.4) is 0 Å². The van der Waals surface area contributed by atoms with E-state index in [9.17, 15) is 13.5 Å². The van der Waals surface area contributed by atoms with Crippen LogP contribution in [0.25, 0.3) is 10.9 Å². The fourth-order valence-electron chi connectivity index (χ4n) is 2.74. The number of aromatic hydroxyl groups is 1. The third-order valence-corrected chi connectivity index (χ3v) is 5.71. The van der Waals surface area contributed by atoms with Gasteiger partial charge in [0, 0.05) is 18.1 Å². The molecule has 3 heterocycles. The summed E-state index contributed by atoms with van der Waals surface area (Å²) in [6.07, 6.45) is 3.06. The second-order valence-electron chi connectivity index (χ2n) is 5.82. The molecule has 0 aromatic carbocycles. The molecule has 7 heteroatoms. The fourth-order valence-corrected chi connectivity index (χ4v) is 4.34. The molecule has 22 heavy (non-hydrogen) atoms. The van der Waals surface area contributed by atoms with Crippen molar-refractivity contribution in [3.05, 3.63) is 24.0 Å². The molecular formula is C15H19N3O3S. The largest absolute Gasteiger partial charge is 0.504 e. The van der Waals surface area contributed by atoms with Crippen molar-refractivity contribution in [3.8, 4) is 5.75 Å². The molecule has 0 saturated carbocycles. The molecule has 1 aliphatic heterocycles. The minimum absolute atomic E-state index is 0.0300.